The predicted molar refractivity (Wildman–Crippen MR) is 78.8 cm³/mol. The number of carbonyl (C=O) groups excluding carboxylic acids is 1. The lowest BCUT2D eigenvalue weighted by molar-refractivity contribution is -0.142. The first-order chi connectivity index (χ1) is 10.0. The zero-order chi connectivity index (χ0) is 15.0. The predicted octanol–water partition coefficient (Wildman–Crippen LogP) is 1.23. The third-order valence-corrected chi connectivity index (χ3v) is 5.15. The molecular formula is C14H19N3O3S. The average Bonchev–Trinajstić information content (AvgIpc) is 3.05. The number of aryl methyl sites for hydroxylation is 1. The number of rotatable bonds is 5. The largest absolute Gasteiger partial charge is 0.481 e. The second-order valence-corrected chi connectivity index (χ2v) is 6.81. The van der Waals surface area contributed by atoms with Gasteiger partial charge in [-0.1, -0.05) is 0 Å². The van der Waals surface area contributed by atoms with Crippen molar-refractivity contribution in [3.05, 3.63) is 11.1 Å². The number of thiazole rings is 1. The lowest BCUT2D eigenvalue weighted by Gasteiger charge is -2.15. The number of carbonyl (C=O) groups is 2. The number of nitrogens with two attached hydrogens (primary N) is 1. The third kappa shape index (κ3) is 3.18. The molecule has 3 rings (SSSR count). The molecule has 114 valence electrons. The van der Waals surface area contributed by atoms with Crippen molar-refractivity contribution < 1.29 is 14.7 Å². The highest BCUT2D eigenvalue weighted by Gasteiger charge is 2.46. The van der Waals surface area contributed by atoms with Gasteiger partial charge in [-0.15, -0.1) is 11.3 Å². The second kappa shape index (κ2) is 5.63. The van der Waals surface area contributed by atoms with Crippen molar-refractivity contribution in [2.24, 2.45) is 17.8 Å². The second-order valence-electron chi connectivity index (χ2n) is 5.92. The van der Waals surface area contributed by atoms with Crippen LogP contribution in [-0.2, 0) is 16.0 Å². The van der Waals surface area contributed by atoms with E-state index >= 15 is 0 Å². The lowest BCUT2D eigenvalue weighted by Crippen LogP contribution is -2.30. The molecule has 1 aliphatic heterocycles. The molecule has 1 aromatic heterocycles. The maximum Gasteiger partial charge on any atom is 0.308 e. The van der Waals surface area contributed by atoms with Crippen molar-refractivity contribution in [3.8, 4) is 0 Å². The number of nitrogens with zero attached hydrogens (tertiary/aromatic N) is 2. The summed E-state index contributed by atoms with van der Waals surface area (Å²) in [5.41, 5.74) is 6.40. The summed E-state index contributed by atoms with van der Waals surface area (Å²) in [6, 6.07) is 0. The maximum absolute atomic E-state index is 12.3. The standard InChI is InChI=1S/C14H19N3O3S/c15-14-16-9(7-21-14)3-4-12(18)17-5-10(8-1-2-8)11(6-17)13(19)20/h7-8,10-11H,1-6H2,(H2,15,16)(H,19,20)/t10-,11+/m1/s1. The van der Waals surface area contributed by atoms with Gasteiger partial charge in [-0.2, -0.15) is 0 Å². The summed E-state index contributed by atoms with van der Waals surface area (Å²) in [5, 5.41) is 11.7. The number of hydrogen-bond donors (Lipinski definition) is 2. The van der Waals surface area contributed by atoms with Crippen LogP contribution in [0.2, 0.25) is 0 Å². The Morgan fingerprint density at radius 1 is 1.43 bits per heavy atom. The van der Waals surface area contributed by atoms with E-state index < -0.39 is 11.9 Å². The summed E-state index contributed by atoms with van der Waals surface area (Å²) in [7, 11) is 0. The Bertz CT molecular complexity index is 555. The Balaban J connectivity index is 1.56. The highest BCUT2D eigenvalue weighted by molar-refractivity contribution is 7.13. The first-order valence-corrected chi connectivity index (χ1v) is 8.13. The average molecular weight is 309 g/mol. The highest BCUT2D eigenvalue weighted by atomic mass is 32.1. The van der Waals surface area contributed by atoms with Crippen molar-refractivity contribution in [1.82, 2.24) is 9.88 Å². The number of likely N-dealkylation sites (tertiary alicyclic amines) is 1. The summed E-state index contributed by atoms with van der Waals surface area (Å²) < 4.78 is 0. The van der Waals surface area contributed by atoms with Crippen LogP contribution in [0.15, 0.2) is 5.38 Å². The number of hydrogen-bond acceptors (Lipinski definition) is 5. The first-order valence-electron chi connectivity index (χ1n) is 7.25. The Labute approximate surface area is 127 Å². The Hall–Kier alpha value is -1.63. The van der Waals surface area contributed by atoms with Gasteiger partial charge in [-0.3, -0.25) is 9.59 Å². The summed E-state index contributed by atoms with van der Waals surface area (Å²) in [6.45, 7) is 0.953. The number of anilines is 1. The van der Waals surface area contributed by atoms with Gasteiger partial charge in [0.05, 0.1) is 11.6 Å². The van der Waals surface area contributed by atoms with Crippen molar-refractivity contribution in [3.63, 3.8) is 0 Å². The molecule has 1 aliphatic carbocycles. The molecule has 2 heterocycles. The number of carboxylic acid groups (broad SMARTS) is 1. The van der Waals surface area contributed by atoms with Crippen LogP contribution < -0.4 is 5.73 Å². The van der Waals surface area contributed by atoms with Crippen molar-refractivity contribution >= 4 is 28.3 Å². The molecule has 21 heavy (non-hydrogen) atoms. The van der Waals surface area contributed by atoms with Gasteiger partial charge in [0.2, 0.25) is 5.91 Å². The molecule has 0 bridgehead atoms. The Morgan fingerprint density at radius 2 is 2.19 bits per heavy atom. The van der Waals surface area contributed by atoms with Gasteiger partial charge in [0, 0.05) is 24.9 Å². The molecule has 7 heteroatoms. The van der Waals surface area contributed by atoms with E-state index in [1.807, 2.05) is 5.38 Å². The molecule has 0 unspecified atom stereocenters. The van der Waals surface area contributed by atoms with Gasteiger partial charge in [0.25, 0.3) is 0 Å². The molecule has 1 aromatic rings. The van der Waals surface area contributed by atoms with Crippen LogP contribution >= 0.6 is 11.3 Å². The maximum atomic E-state index is 12.3. The Morgan fingerprint density at radius 3 is 2.76 bits per heavy atom. The summed E-state index contributed by atoms with van der Waals surface area (Å²) in [4.78, 5) is 29.5. The zero-order valence-electron chi connectivity index (χ0n) is 11.7. The normalized spacial score (nSPS) is 25.2. The quantitative estimate of drug-likeness (QED) is 0.852. The van der Waals surface area contributed by atoms with E-state index in [4.69, 9.17) is 5.73 Å². The summed E-state index contributed by atoms with van der Waals surface area (Å²) in [6.07, 6.45) is 3.14. The molecule has 2 atom stereocenters. The van der Waals surface area contributed by atoms with Crippen LogP contribution in [-0.4, -0.2) is 40.0 Å². The van der Waals surface area contributed by atoms with Crippen LogP contribution in [0, 0.1) is 17.8 Å². The number of aliphatic carboxylic acids is 1. The molecule has 0 aromatic carbocycles. The Kier molecular flexibility index (Phi) is 3.84. The van der Waals surface area contributed by atoms with Crippen LogP contribution in [0.1, 0.15) is 25.0 Å². The molecule has 2 fully saturated rings. The van der Waals surface area contributed by atoms with E-state index in [9.17, 15) is 14.7 Å². The third-order valence-electron chi connectivity index (χ3n) is 4.43. The molecule has 0 radical (unpaired) electrons. The molecular weight excluding hydrogens is 290 g/mol. The fourth-order valence-corrected chi connectivity index (χ4v) is 3.72. The van der Waals surface area contributed by atoms with Crippen LogP contribution in [0.4, 0.5) is 5.13 Å². The number of aromatic nitrogens is 1. The highest BCUT2D eigenvalue weighted by Crippen LogP contribution is 2.44. The number of amides is 1. The molecule has 2 aliphatic rings. The van der Waals surface area contributed by atoms with E-state index in [1.165, 1.54) is 11.3 Å². The molecule has 1 saturated heterocycles. The number of nitrogen functional groups attached to an aromatic ring is 1. The monoisotopic (exact) mass is 309 g/mol. The minimum absolute atomic E-state index is 0.0240. The van der Waals surface area contributed by atoms with Crippen LogP contribution in [0.5, 0.6) is 0 Å². The van der Waals surface area contributed by atoms with Crippen LogP contribution in [0.25, 0.3) is 0 Å². The van der Waals surface area contributed by atoms with Gasteiger partial charge < -0.3 is 15.7 Å². The molecule has 3 N–H and O–H groups in total. The van der Waals surface area contributed by atoms with Gasteiger partial charge in [0.1, 0.15) is 0 Å². The lowest BCUT2D eigenvalue weighted by atomic mass is 9.92. The topological polar surface area (TPSA) is 96.5 Å². The van der Waals surface area contributed by atoms with Crippen molar-refractivity contribution in [2.75, 3.05) is 18.8 Å². The minimum Gasteiger partial charge on any atom is -0.481 e. The molecule has 1 amide bonds. The number of carboxylic acids is 1. The summed E-state index contributed by atoms with van der Waals surface area (Å²) >= 11 is 1.37. The van der Waals surface area contributed by atoms with E-state index in [0.29, 0.717) is 37.0 Å². The fourth-order valence-electron chi connectivity index (χ4n) is 3.13. The molecule has 0 spiro atoms. The van der Waals surface area contributed by atoms with Gasteiger partial charge in [0.15, 0.2) is 5.13 Å². The van der Waals surface area contributed by atoms with E-state index in [-0.39, 0.29) is 11.8 Å². The van der Waals surface area contributed by atoms with Crippen molar-refractivity contribution in [1.29, 1.82) is 0 Å². The van der Waals surface area contributed by atoms with E-state index in [2.05, 4.69) is 4.98 Å². The van der Waals surface area contributed by atoms with E-state index in [0.717, 1.165) is 18.5 Å². The van der Waals surface area contributed by atoms with Crippen LogP contribution in [0.3, 0.4) is 0 Å². The van der Waals surface area contributed by atoms with Gasteiger partial charge in [-0.05, 0) is 31.1 Å². The SMILES string of the molecule is Nc1nc(CCC(=O)N2C[C@H](C(=O)O)[C@@H](C3CC3)C2)cs1. The molecule has 1 saturated carbocycles. The minimum atomic E-state index is -0.769. The van der Waals surface area contributed by atoms with Gasteiger partial charge in [-0.25, -0.2) is 4.98 Å². The van der Waals surface area contributed by atoms with Crippen molar-refractivity contribution in [2.45, 2.75) is 25.7 Å². The van der Waals surface area contributed by atoms with E-state index in [1.54, 1.807) is 4.90 Å². The smallest absolute Gasteiger partial charge is 0.308 e. The zero-order valence-corrected chi connectivity index (χ0v) is 12.5. The first kappa shape index (κ1) is 14.3. The summed E-state index contributed by atoms with van der Waals surface area (Å²) in [5.74, 6) is -0.495. The molecule has 6 nitrogen and oxygen atoms in total. The fraction of sp³-hybridized carbons (Fsp3) is 0.643. The van der Waals surface area contributed by atoms with Gasteiger partial charge >= 0.3 is 5.97 Å².